The van der Waals surface area contributed by atoms with E-state index in [0.717, 1.165) is 19.4 Å². The molecule has 1 fully saturated rings. The number of para-hydroxylation sites is 1. The maximum Gasteiger partial charge on any atom is 0.238 e. The van der Waals surface area contributed by atoms with Crippen molar-refractivity contribution in [2.75, 3.05) is 25.5 Å². The number of rotatable bonds is 4. The van der Waals surface area contributed by atoms with Crippen molar-refractivity contribution in [2.24, 2.45) is 0 Å². The van der Waals surface area contributed by atoms with Crippen LogP contribution in [0.2, 0.25) is 5.02 Å². The van der Waals surface area contributed by atoms with E-state index in [1.807, 2.05) is 11.0 Å². The van der Waals surface area contributed by atoms with Crippen LogP contribution in [0.25, 0.3) is 0 Å². The smallest absolute Gasteiger partial charge is 0.238 e. The number of hydrogen-bond donors (Lipinski definition) is 2. The molecule has 1 saturated heterocycles. The van der Waals surface area contributed by atoms with Gasteiger partial charge in [-0.1, -0.05) is 23.7 Å². The molecule has 1 aromatic carbocycles. The summed E-state index contributed by atoms with van der Waals surface area (Å²) in [6, 6.07) is 6.88. The summed E-state index contributed by atoms with van der Waals surface area (Å²) >= 11 is 5.99. The molecule has 0 saturated carbocycles. The molecule has 5 nitrogen and oxygen atoms in total. The predicted octanol–water partition coefficient (Wildman–Crippen LogP) is 1.49. The van der Waals surface area contributed by atoms with Crippen molar-refractivity contribution in [1.29, 1.82) is 0 Å². The first-order chi connectivity index (χ1) is 9.61. The molecular formula is C14H18ClN3O2. The standard InChI is InChI=1S/C14H18ClN3O2/c1-16-14(20)12-7-4-8-18(12)9-13(19)17-11-6-3-2-5-10(11)15/h2-3,5-6,12H,4,7-9H2,1H3,(H,16,20)(H,17,19). The Hall–Kier alpha value is -1.59. The lowest BCUT2D eigenvalue weighted by Gasteiger charge is -2.22. The summed E-state index contributed by atoms with van der Waals surface area (Å²) in [5.41, 5.74) is 0.592. The molecule has 0 radical (unpaired) electrons. The van der Waals surface area contributed by atoms with Crippen LogP contribution in [0.3, 0.4) is 0 Å². The first-order valence-corrected chi connectivity index (χ1v) is 6.99. The van der Waals surface area contributed by atoms with Gasteiger partial charge in [0.2, 0.25) is 11.8 Å². The number of likely N-dealkylation sites (N-methyl/N-ethyl adjacent to an activating group) is 1. The van der Waals surface area contributed by atoms with E-state index in [0.29, 0.717) is 10.7 Å². The molecule has 1 unspecified atom stereocenters. The lowest BCUT2D eigenvalue weighted by molar-refractivity contribution is -0.126. The highest BCUT2D eigenvalue weighted by Crippen LogP contribution is 2.21. The van der Waals surface area contributed by atoms with E-state index in [4.69, 9.17) is 11.6 Å². The number of carbonyl (C=O) groups is 2. The van der Waals surface area contributed by atoms with Gasteiger partial charge in [-0.2, -0.15) is 0 Å². The van der Waals surface area contributed by atoms with Gasteiger partial charge in [0.1, 0.15) is 0 Å². The maximum atomic E-state index is 12.0. The molecule has 1 aliphatic heterocycles. The van der Waals surface area contributed by atoms with Crippen molar-refractivity contribution in [3.05, 3.63) is 29.3 Å². The molecule has 2 N–H and O–H groups in total. The summed E-state index contributed by atoms with van der Waals surface area (Å²) in [5, 5.41) is 5.91. The third-order valence-electron chi connectivity index (χ3n) is 3.41. The van der Waals surface area contributed by atoms with Gasteiger partial charge < -0.3 is 10.6 Å². The average Bonchev–Trinajstić information content (AvgIpc) is 2.88. The monoisotopic (exact) mass is 295 g/mol. The minimum atomic E-state index is -0.211. The van der Waals surface area contributed by atoms with E-state index in [1.165, 1.54) is 0 Å². The summed E-state index contributed by atoms with van der Waals surface area (Å²) in [4.78, 5) is 25.6. The number of anilines is 1. The van der Waals surface area contributed by atoms with E-state index < -0.39 is 0 Å². The quantitative estimate of drug-likeness (QED) is 0.885. The second-order valence-electron chi connectivity index (χ2n) is 4.77. The van der Waals surface area contributed by atoms with E-state index in [-0.39, 0.29) is 24.4 Å². The van der Waals surface area contributed by atoms with E-state index in [9.17, 15) is 9.59 Å². The highest BCUT2D eigenvalue weighted by atomic mass is 35.5. The molecule has 2 amide bonds. The van der Waals surface area contributed by atoms with Gasteiger partial charge in [0.05, 0.1) is 23.3 Å². The van der Waals surface area contributed by atoms with E-state index in [1.54, 1.807) is 25.2 Å². The highest BCUT2D eigenvalue weighted by molar-refractivity contribution is 6.33. The van der Waals surface area contributed by atoms with Crippen LogP contribution in [0, 0.1) is 0 Å². The molecule has 0 spiro atoms. The zero-order valence-corrected chi connectivity index (χ0v) is 12.1. The number of benzene rings is 1. The first-order valence-electron chi connectivity index (χ1n) is 6.62. The van der Waals surface area contributed by atoms with E-state index in [2.05, 4.69) is 10.6 Å². The zero-order chi connectivity index (χ0) is 14.5. The van der Waals surface area contributed by atoms with Crippen molar-refractivity contribution in [3.63, 3.8) is 0 Å². The molecule has 0 bridgehead atoms. The fraction of sp³-hybridized carbons (Fsp3) is 0.429. The van der Waals surface area contributed by atoms with Crippen LogP contribution in [-0.4, -0.2) is 42.9 Å². The maximum absolute atomic E-state index is 12.0. The van der Waals surface area contributed by atoms with Crippen molar-refractivity contribution in [3.8, 4) is 0 Å². The first kappa shape index (κ1) is 14.8. The van der Waals surface area contributed by atoms with Crippen LogP contribution < -0.4 is 10.6 Å². The summed E-state index contributed by atoms with van der Waals surface area (Å²) in [6.07, 6.45) is 1.72. The van der Waals surface area contributed by atoms with Gasteiger partial charge in [0.15, 0.2) is 0 Å². The summed E-state index contributed by atoms with van der Waals surface area (Å²) in [6.45, 7) is 0.956. The molecule has 1 aromatic rings. The summed E-state index contributed by atoms with van der Waals surface area (Å²) in [7, 11) is 1.61. The number of halogens is 1. The van der Waals surface area contributed by atoms with Crippen LogP contribution in [0.4, 0.5) is 5.69 Å². The average molecular weight is 296 g/mol. The van der Waals surface area contributed by atoms with Crippen LogP contribution in [0.1, 0.15) is 12.8 Å². The van der Waals surface area contributed by atoms with Crippen molar-refractivity contribution >= 4 is 29.1 Å². The Balaban J connectivity index is 1.94. The fourth-order valence-corrected chi connectivity index (χ4v) is 2.60. The number of amides is 2. The Kier molecular flexibility index (Phi) is 4.98. The SMILES string of the molecule is CNC(=O)C1CCCN1CC(=O)Nc1ccccc1Cl. The highest BCUT2D eigenvalue weighted by Gasteiger charge is 2.31. The molecule has 1 aliphatic rings. The normalized spacial score (nSPS) is 18.8. The van der Waals surface area contributed by atoms with Crippen molar-refractivity contribution < 1.29 is 9.59 Å². The minimum Gasteiger partial charge on any atom is -0.358 e. The minimum absolute atomic E-state index is 0.0342. The van der Waals surface area contributed by atoms with Gasteiger partial charge in [-0.3, -0.25) is 14.5 Å². The molecule has 1 heterocycles. The summed E-state index contributed by atoms with van der Waals surface area (Å²) < 4.78 is 0. The molecular weight excluding hydrogens is 278 g/mol. The van der Waals surface area contributed by atoms with Crippen LogP contribution in [0.5, 0.6) is 0 Å². The molecule has 6 heteroatoms. The van der Waals surface area contributed by atoms with Gasteiger partial charge in [0, 0.05) is 7.05 Å². The van der Waals surface area contributed by atoms with Gasteiger partial charge >= 0.3 is 0 Å². The Labute approximate surface area is 123 Å². The number of carbonyl (C=O) groups excluding carboxylic acids is 2. The van der Waals surface area contributed by atoms with Crippen molar-refractivity contribution in [1.82, 2.24) is 10.2 Å². The predicted molar refractivity (Wildman–Crippen MR) is 78.7 cm³/mol. The van der Waals surface area contributed by atoms with Gasteiger partial charge in [0.25, 0.3) is 0 Å². The molecule has 2 rings (SSSR count). The molecule has 1 atom stereocenters. The Morgan fingerprint density at radius 3 is 2.85 bits per heavy atom. The van der Waals surface area contributed by atoms with Crippen LogP contribution >= 0.6 is 11.6 Å². The third-order valence-corrected chi connectivity index (χ3v) is 3.74. The molecule has 108 valence electrons. The van der Waals surface area contributed by atoms with Crippen LogP contribution in [0.15, 0.2) is 24.3 Å². The topological polar surface area (TPSA) is 61.4 Å². The molecule has 0 aromatic heterocycles. The molecule has 0 aliphatic carbocycles. The number of nitrogens with zero attached hydrogens (tertiary/aromatic N) is 1. The lowest BCUT2D eigenvalue weighted by atomic mass is 10.2. The lowest BCUT2D eigenvalue weighted by Crippen LogP contribution is -2.45. The Bertz CT molecular complexity index is 507. The Morgan fingerprint density at radius 1 is 1.40 bits per heavy atom. The fourth-order valence-electron chi connectivity index (χ4n) is 2.42. The number of likely N-dealkylation sites (tertiary alicyclic amines) is 1. The third kappa shape index (κ3) is 3.49. The second-order valence-corrected chi connectivity index (χ2v) is 5.18. The van der Waals surface area contributed by atoms with Gasteiger partial charge in [-0.25, -0.2) is 0 Å². The summed E-state index contributed by atoms with van der Waals surface area (Å²) in [5.74, 6) is -0.193. The zero-order valence-electron chi connectivity index (χ0n) is 11.4. The largest absolute Gasteiger partial charge is 0.358 e. The van der Waals surface area contributed by atoms with Crippen molar-refractivity contribution in [2.45, 2.75) is 18.9 Å². The van der Waals surface area contributed by atoms with Gasteiger partial charge in [-0.15, -0.1) is 0 Å². The van der Waals surface area contributed by atoms with Crippen LogP contribution in [-0.2, 0) is 9.59 Å². The molecule has 20 heavy (non-hydrogen) atoms. The number of nitrogens with one attached hydrogen (secondary N) is 2. The Morgan fingerprint density at radius 2 is 2.15 bits per heavy atom. The van der Waals surface area contributed by atoms with Gasteiger partial charge in [-0.05, 0) is 31.5 Å². The second kappa shape index (κ2) is 6.72. The number of hydrogen-bond acceptors (Lipinski definition) is 3. The van der Waals surface area contributed by atoms with E-state index >= 15 is 0 Å².